The molecule has 0 bridgehead atoms. The molecule has 0 saturated carbocycles. The quantitative estimate of drug-likeness (QED) is 0.721. The fraction of sp³-hybridized carbons (Fsp3) is 0.214. The maximum absolute atomic E-state index is 12.0. The Hall–Kier alpha value is -2.74. The van der Waals surface area contributed by atoms with Crippen molar-refractivity contribution in [2.75, 3.05) is 7.11 Å². The molecular formula is C14H13ClN6O2. The molecule has 1 unspecified atom stereocenters. The Balaban J connectivity index is 1.93. The van der Waals surface area contributed by atoms with E-state index < -0.39 is 0 Å². The number of rotatable bonds is 4. The minimum absolute atomic E-state index is 0.219. The van der Waals surface area contributed by atoms with Gasteiger partial charge in [0.05, 0.1) is 25.7 Å². The van der Waals surface area contributed by atoms with Crippen molar-refractivity contribution in [3.05, 3.63) is 52.3 Å². The van der Waals surface area contributed by atoms with Gasteiger partial charge in [-0.2, -0.15) is 0 Å². The van der Waals surface area contributed by atoms with Crippen LogP contribution in [0.4, 0.5) is 0 Å². The molecular weight excluding hydrogens is 320 g/mol. The molecule has 3 aromatic heterocycles. The number of halogens is 1. The lowest BCUT2D eigenvalue weighted by Gasteiger charge is -2.14. The third kappa shape index (κ3) is 3.07. The predicted molar refractivity (Wildman–Crippen MR) is 83.4 cm³/mol. The van der Waals surface area contributed by atoms with Crippen LogP contribution in [0.15, 0.2) is 41.7 Å². The molecule has 3 aromatic rings. The van der Waals surface area contributed by atoms with Crippen molar-refractivity contribution in [3.8, 4) is 17.3 Å². The maximum atomic E-state index is 12.0. The van der Waals surface area contributed by atoms with Crippen LogP contribution in [0.2, 0.25) is 5.02 Å². The minimum Gasteiger partial charge on any atom is -0.480 e. The van der Waals surface area contributed by atoms with Gasteiger partial charge < -0.3 is 4.74 Å². The van der Waals surface area contributed by atoms with E-state index in [0.717, 1.165) is 0 Å². The van der Waals surface area contributed by atoms with Gasteiger partial charge in [0.25, 0.3) is 5.56 Å². The van der Waals surface area contributed by atoms with E-state index in [2.05, 4.69) is 20.3 Å². The first-order valence-electron chi connectivity index (χ1n) is 6.74. The Morgan fingerprint density at radius 1 is 1.30 bits per heavy atom. The van der Waals surface area contributed by atoms with Crippen molar-refractivity contribution < 1.29 is 4.74 Å². The second kappa shape index (κ2) is 6.17. The molecule has 0 N–H and O–H groups in total. The highest BCUT2D eigenvalue weighted by Gasteiger charge is 2.13. The molecule has 9 heteroatoms. The van der Waals surface area contributed by atoms with Crippen LogP contribution in [0.1, 0.15) is 13.1 Å². The first-order valence-corrected chi connectivity index (χ1v) is 7.12. The number of ether oxygens (including phenoxy) is 1. The van der Waals surface area contributed by atoms with E-state index in [-0.39, 0.29) is 11.7 Å². The molecule has 3 heterocycles. The molecule has 8 nitrogen and oxygen atoms in total. The van der Waals surface area contributed by atoms with Crippen molar-refractivity contribution in [1.29, 1.82) is 0 Å². The Kier molecular flexibility index (Phi) is 4.07. The highest BCUT2D eigenvalue weighted by Crippen LogP contribution is 2.17. The van der Waals surface area contributed by atoms with Crippen LogP contribution in [0.25, 0.3) is 11.4 Å². The zero-order valence-corrected chi connectivity index (χ0v) is 13.2. The molecule has 23 heavy (non-hydrogen) atoms. The molecule has 0 aromatic carbocycles. The van der Waals surface area contributed by atoms with Gasteiger partial charge in [-0.1, -0.05) is 16.8 Å². The summed E-state index contributed by atoms with van der Waals surface area (Å²) in [7, 11) is 1.51. The maximum Gasteiger partial charge on any atom is 0.253 e. The summed E-state index contributed by atoms with van der Waals surface area (Å²) in [5, 5.41) is 8.52. The van der Waals surface area contributed by atoms with Crippen molar-refractivity contribution >= 4 is 11.6 Å². The molecule has 118 valence electrons. The van der Waals surface area contributed by atoms with E-state index in [9.17, 15) is 4.79 Å². The van der Waals surface area contributed by atoms with E-state index in [1.54, 1.807) is 29.3 Å². The Morgan fingerprint density at radius 3 is 2.87 bits per heavy atom. The summed E-state index contributed by atoms with van der Waals surface area (Å²) in [5.74, 6) is 0.388. The number of nitrogens with zero attached hydrogens (tertiary/aromatic N) is 6. The lowest BCUT2D eigenvalue weighted by atomic mass is 10.3. The average Bonchev–Trinajstić information content (AvgIpc) is 3.04. The predicted octanol–water partition coefficient (Wildman–Crippen LogP) is 1.63. The van der Waals surface area contributed by atoms with Gasteiger partial charge >= 0.3 is 0 Å². The van der Waals surface area contributed by atoms with Crippen LogP contribution in [0.3, 0.4) is 0 Å². The first-order chi connectivity index (χ1) is 11.1. The van der Waals surface area contributed by atoms with Gasteiger partial charge in [-0.05, 0) is 13.0 Å². The van der Waals surface area contributed by atoms with E-state index in [1.165, 1.54) is 23.9 Å². The number of hydrogen-bond donors (Lipinski definition) is 0. The molecule has 0 aliphatic rings. The van der Waals surface area contributed by atoms with Gasteiger partial charge in [0.2, 0.25) is 5.88 Å². The molecule has 0 aliphatic heterocycles. The average molecular weight is 333 g/mol. The van der Waals surface area contributed by atoms with E-state index >= 15 is 0 Å². The van der Waals surface area contributed by atoms with Crippen LogP contribution < -0.4 is 10.3 Å². The summed E-state index contributed by atoms with van der Waals surface area (Å²) in [5.41, 5.74) is 0.847. The molecule has 0 fully saturated rings. The third-order valence-corrected chi connectivity index (χ3v) is 3.53. The topological polar surface area (TPSA) is 87.7 Å². The number of hydrogen-bond acceptors (Lipinski definition) is 6. The first kappa shape index (κ1) is 15.2. The van der Waals surface area contributed by atoms with E-state index in [1.807, 2.05) is 6.92 Å². The van der Waals surface area contributed by atoms with Gasteiger partial charge in [-0.3, -0.25) is 14.3 Å². The molecule has 3 rings (SSSR count). The van der Waals surface area contributed by atoms with Crippen molar-refractivity contribution in [2.45, 2.75) is 13.1 Å². The van der Waals surface area contributed by atoms with E-state index in [0.29, 0.717) is 22.3 Å². The molecule has 0 amide bonds. The lowest BCUT2D eigenvalue weighted by molar-refractivity contribution is 0.396. The van der Waals surface area contributed by atoms with Crippen LogP contribution in [0.5, 0.6) is 5.88 Å². The van der Waals surface area contributed by atoms with Crippen LogP contribution in [-0.4, -0.2) is 36.6 Å². The van der Waals surface area contributed by atoms with Gasteiger partial charge in [-0.25, -0.2) is 9.67 Å². The summed E-state index contributed by atoms with van der Waals surface area (Å²) < 4.78 is 8.10. The molecule has 0 radical (unpaired) electrons. The number of pyridine rings is 1. The SMILES string of the molecule is COc1cncc(-c2cn(C(C)n3ccc(Cl)cc3=O)nn2)n1. The second-order valence-corrected chi connectivity index (χ2v) is 5.19. The number of methoxy groups -OCH3 is 1. The lowest BCUT2D eigenvalue weighted by Crippen LogP contribution is -2.26. The number of aromatic nitrogens is 6. The Bertz CT molecular complexity index is 891. The molecule has 0 saturated heterocycles. The van der Waals surface area contributed by atoms with Crippen LogP contribution >= 0.6 is 11.6 Å². The summed E-state index contributed by atoms with van der Waals surface area (Å²) in [6.45, 7) is 1.82. The smallest absolute Gasteiger partial charge is 0.253 e. The van der Waals surface area contributed by atoms with Gasteiger partial charge in [0, 0.05) is 17.3 Å². The second-order valence-electron chi connectivity index (χ2n) is 4.75. The van der Waals surface area contributed by atoms with Crippen LogP contribution in [0, 0.1) is 0 Å². The van der Waals surface area contributed by atoms with Gasteiger partial charge in [-0.15, -0.1) is 5.10 Å². The summed E-state index contributed by atoms with van der Waals surface area (Å²) in [4.78, 5) is 20.3. The zero-order valence-electron chi connectivity index (χ0n) is 12.4. The van der Waals surface area contributed by atoms with Crippen molar-refractivity contribution in [3.63, 3.8) is 0 Å². The summed E-state index contributed by atoms with van der Waals surface area (Å²) >= 11 is 5.81. The fourth-order valence-corrected chi connectivity index (χ4v) is 2.20. The normalized spacial score (nSPS) is 12.1. The molecule has 0 aliphatic carbocycles. The Labute approximate surface area is 136 Å². The van der Waals surface area contributed by atoms with Gasteiger partial charge in [0.15, 0.2) is 0 Å². The standard InChI is InChI=1S/C14H13ClN6O2/c1-9(20-4-3-10(15)5-14(20)22)21-8-12(18-19-21)11-6-16-7-13(17-11)23-2/h3-9H,1-2H3. The highest BCUT2D eigenvalue weighted by molar-refractivity contribution is 6.30. The third-order valence-electron chi connectivity index (χ3n) is 3.29. The van der Waals surface area contributed by atoms with Crippen molar-refractivity contribution in [2.24, 2.45) is 0 Å². The minimum atomic E-state index is -0.361. The summed E-state index contributed by atoms with van der Waals surface area (Å²) in [6.07, 6.45) is 6.01. The molecule has 1 atom stereocenters. The fourth-order valence-electron chi connectivity index (χ4n) is 2.05. The summed E-state index contributed by atoms with van der Waals surface area (Å²) in [6, 6.07) is 2.99. The monoisotopic (exact) mass is 332 g/mol. The zero-order chi connectivity index (χ0) is 16.4. The largest absolute Gasteiger partial charge is 0.480 e. The van der Waals surface area contributed by atoms with Crippen LogP contribution in [-0.2, 0) is 0 Å². The van der Waals surface area contributed by atoms with Gasteiger partial charge in [0.1, 0.15) is 17.6 Å². The molecule has 0 spiro atoms. The van der Waals surface area contributed by atoms with E-state index in [4.69, 9.17) is 16.3 Å². The Morgan fingerprint density at radius 2 is 2.13 bits per heavy atom. The van der Waals surface area contributed by atoms with Crippen molar-refractivity contribution in [1.82, 2.24) is 29.5 Å². The highest BCUT2D eigenvalue weighted by atomic mass is 35.5.